The van der Waals surface area contributed by atoms with Crippen LogP contribution in [0.3, 0.4) is 0 Å². The molecule has 2 atom stereocenters. The van der Waals surface area contributed by atoms with E-state index < -0.39 is 5.60 Å². The van der Waals surface area contributed by atoms with E-state index in [9.17, 15) is 9.59 Å². The number of H-pyrrole nitrogens is 1. The second-order valence-electron chi connectivity index (χ2n) is 7.17. The van der Waals surface area contributed by atoms with Gasteiger partial charge in [-0.05, 0) is 46.5 Å². The van der Waals surface area contributed by atoms with E-state index in [2.05, 4.69) is 17.2 Å². The predicted molar refractivity (Wildman–Crippen MR) is 91.8 cm³/mol. The fraction of sp³-hybridized carbons (Fsp3) is 0.750. The van der Waals surface area contributed by atoms with Gasteiger partial charge in [0.2, 0.25) is 0 Å². The highest BCUT2D eigenvalue weighted by atomic mass is 32.1. The number of carbonyl (C=O) groups is 1. The fourth-order valence-corrected chi connectivity index (χ4v) is 3.33. The standard InChI is InChI=1S/C16H27N3O3S/c1-11(17-8-13-10-23-14(20)18-13)12-6-5-7-19(9-12)15(21)22-16(2,3)4/h10-12,17H,5-9H2,1-4H3,(H,18,20). The molecular weight excluding hydrogens is 314 g/mol. The van der Waals surface area contributed by atoms with E-state index >= 15 is 0 Å². The van der Waals surface area contributed by atoms with E-state index in [4.69, 9.17) is 4.74 Å². The van der Waals surface area contributed by atoms with Gasteiger partial charge in [0, 0.05) is 36.8 Å². The first-order valence-corrected chi connectivity index (χ1v) is 9.00. The van der Waals surface area contributed by atoms with E-state index in [0.29, 0.717) is 19.0 Å². The van der Waals surface area contributed by atoms with Gasteiger partial charge in [0.25, 0.3) is 0 Å². The van der Waals surface area contributed by atoms with E-state index in [1.165, 1.54) is 11.3 Å². The van der Waals surface area contributed by atoms with Crippen molar-refractivity contribution in [3.63, 3.8) is 0 Å². The number of rotatable bonds is 4. The number of nitrogens with one attached hydrogen (secondary N) is 2. The van der Waals surface area contributed by atoms with Gasteiger partial charge in [0.1, 0.15) is 5.60 Å². The van der Waals surface area contributed by atoms with Gasteiger partial charge in [0.05, 0.1) is 0 Å². The van der Waals surface area contributed by atoms with Gasteiger partial charge in [-0.3, -0.25) is 4.79 Å². The number of hydrogen-bond donors (Lipinski definition) is 2. The molecule has 2 N–H and O–H groups in total. The smallest absolute Gasteiger partial charge is 0.410 e. The Morgan fingerprint density at radius 2 is 2.30 bits per heavy atom. The van der Waals surface area contributed by atoms with Crippen LogP contribution in [0.4, 0.5) is 4.79 Å². The lowest BCUT2D eigenvalue weighted by molar-refractivity contribution is 0.0148. The number of hydrogen-bond acceptors (Lipinski definition) is 5. The van der Waals surface area contributed by atoms with Crippen LogP contribution in [0.5, 0.6) is 0 Å². The summed E-state index contributed by atoms with van der Waals surface area (Å²) >= 11 is 1.18. The van der Waals surface area contributed by atoms with Crippen molar-refractivity contribution in [1.82, 2.24) is 15.2 Å². The summed E-state index contributed by atoms with van der Waals surface area (Å²) in [6, 6.07) is 0.267. The van der Waals surface area contributed by atoms with Crippen molar-refractivity contribution in [1.29, 1.82) is 0 Å². The second kappa shape index (κ2) is 7.49. The van der Waals surface area contributed by atoms with Crippen LogP contribution in [-0.2, 0) is 11.3 Å². The molecule has 1 saturated heterocycles. The van der Waals surface area contributed by atoms with Gasteiger partial charge in [0.15, 0.2) is 0 Å². The molecule has 1 fully saturated rings. The van der Waals surface area contributed by atoms with Gasteiger partial charge >= 0.3 is 11.0 Å². The number of amides is 1. The molecule has 0 spiro atoms. The third kappa shape index (κ3) is 5.66. The summed E-state index contributed by atoms with van der Waals surface area (Å²) in [5.41, 5.74) is 0.449. The zero-order valence-electron chi connectivity index (χ0n) is 14.3. The molecule has 0 aromatic carbocycles. The van der Waals surface area contributed by atoms with Crippen LogP contribution in [0.1, 0.15) is 46.2 Å². The number of thiazole rings is 1. The van der Waals surface area contributed by atoms with Crippen molar-refractivity contribution in [3.8, 4) is 0 Å². The Morgan fingerprint density at radius 1 is 1.57 bits per heavy atom. The van der Waals surface area contributed by atoms with Gasteiger partial charge in [-0.2, -0.15) is 0 Å². The molecule has 7 heteroatoms. The topological polar surface area (TPSA) is 74.4 Å². The summed E-state index contributed by atoms with van der Waals surface area (Å²) in [5.74, 6) is 0.390. The molecule has 0 bridgehead atoms. The third-order valence-electron chi connectivity index (χ3n) is 4.00. The maximum absolute atomic E-state index is 12.2. The van der Waals surface area contributed by atoms with Crippen molar-refractivity contribution < 1.29 is 9.53 Å². The van der Waals surface area contributed by atoms with Crippen LogP contribution in [0, 0.1) is 5.92 Å². The summed E-state index contributed by atoms with van der Waals surface area (Å²) in [5, 5.41) is 5.29. The Morgan fingerprint density at radius 3 is 2.91 bits per heavy atom. The SMILES string of the molecule is CC(NCc1csc(=O)[nH]1)C1CCCN(C(=O)OC(C)(C)C)C1. The third-order valence-corrected chi connectivity index (χ3v) is 4.72. The minimum absolute atomic E-state index is 0.0248. The van der Waals surface area contributed by atoms with Crippen molar-refractivity contribution in [3.05, 3.63) is 20.7 Å². The fourth-order valence-electron chi connectivity index (χ4n) is 2.75. The zero-order valence-corrected chi connectivity index (χ0v) is 15.2. The van der Waals surface area contributed by atoms with Gasteiger partial charge in [-0.1, -0.05) is 11.3 Å². The van der Waals surface area contributed by atoms with E-state index in [1.54, 1.807) is 0 Å². The summed E-state index contributed by atoms with van der Waals surface area (Å²) in [7, 11) is 0. The Kier molecular flexibility index (Phi) is 5.86. The maximum Gasteiger partial charge on any atom is 0.410 e. The van der Waals surface area contributed by atoms with Crippen LogP contribution < -0.4 is 10.2 Å². The molecule has 130 valence electrons. The number of aromatic nitrogens is 1. The number of aromatic amines is 1. The van der Waals surface area contributed by atoms with Gasteiger partial charge in [-0.15, -0.1) is 0 Å². The zero-order chi connectivity index (χ0) is 17.0. The van der Waals surface area contributed by atoms with E-state index in [-0.39, 0.29) is 17.0 Å². The van der Waals surface area contributed by atoms with Crippen LogP contribution in [0.15, 0.2) is 10.2 Å². The molecule has 1 aromatic rings. The normalized spacial score (nSPS) is 20.3. The highest BCUT2D eigenvalue weighted by Crippen LogP contribution is 2.22. The Labute approximate surface area is 141 Å². The Balaban J connectivity index is 1.84. The average Bonchev–Trinajstić information content (AvgIpc) is 2.89. The van der Waals surface area contributed by atoms with Gasteiger partial charge in [-0.25, -0.2) is 4.79 Å². The van der Waals surface area contributed by atoms with Crippen LogP contribution in [-0.4, -0.2) is 40.7 Å². The summed E-state index contributed by atoms with van der Waals surface area (Å²) in [4.78, 5) is 27.9. The number of piperidine rings is 1. The summed E-state index contributed by atoms with van der Waals surface area (Å²) < 4.78 is 5.47. The lowest BCUT2D eigenvalue weighted by Crippen LogP contribution is -2.47. The average molecular weight is 341 g/mol. The molecule has 2 unspecified atom stereocenters. The molecule has 1 aromatic heterocycles. The maximum atomic E-state index is 12.2. The van der Waals surface area contributed by atoms with E-state index in [1.807, 2.05) is 31.1 Å². The molecule has 6 nitrogen and oxygen atoms in total. The Hall–Kier alpha value is -1.34. The molecular formula is C16H27N3O3S. The molecule has 0 saturated carbocycles. The lowest BCUT2D eigenvalue weighted by Gasteiger charge is -2.36. The van der Waals surface area contributed by atoms with Crippen LogP contribution >= 0.6 is 11.3 Å². The molecule has 0 radical (unpaired) electrons. The van der Waals surface area contributed by atoms with Gasteiger partial charge < -0.3 is 19.9 Å². The largest absolute Gasteiger partial charge is 0.444 e. The number of likely N-dealkylation sites (tertiary alicyclic amines) is 1. The monoisotopic (exact) mass is 341 g/mol. The first-order valence-electron chi connectivity index (χ1n) is 8.12. The van der Waals surface area contributed by atoms with E-state index in [0.717, 1.165) is 25.1 Å². The molecule has 0 aliphatic carbocycles. The van der Waals surface area contributed by atoms with Crippen molar-refractivity contribution >= 4 is 17.4 Å². The molecule has 1 aliphatic rings. The quantitative estimate of drug-likeness (QED) is 0.883. The first kappa shape index (κ1) is 18.0. The summed E-state index contributed by atoms with van der Waals surface area (Å²) in [6.07, 6.45) is 1.86. The van der Waals surface area contributed by atoms with Crippen molar-refractivity contribution in [2.24, 2.45) is 5.92 Å². The summed E-state index contributed by atoms with van der Waals surface area (Å²) in [6.45, 7) is 9.91. The highest BCUT2D eigenvalue weighted by molar-refractivity contribution is 7.07. The van der Waals surface area contributed by atoms with Crippen LogP contribution in [0.25, 0.3) is 0 Å². The number of carbonyl (C=O) groups excluding carboxylic acids is 1. The first-order chi connectivity index (χ1) is 10.7. The van der Waals surface area contributed by atoms with Crippen molar-refractivity contribution in [2.75, 3.05) is 13.1 Å². The van der Waals surface area contributed by atoms with Crippen molar-refractivity contribution in [2.45, 2.75) is 58.7 Å². The minimum Gasteiger partial charge on any atom is -0.444 e. The highest BCUT2D eigenvalue weighted by Gasteiger charge is 2.29. The molecule has 1 aliphatic heterocycles. The molecule has 1 amide bonds. The number of ether oxygens (including phenoxy) is 1. The Bertz CT molecular complexity index is 576. The lowest BCUT2D eigenvalue weighted by atomic mass is 9.91. The predicted octanol–water partition coefficient (Wildman–Crippen LogP) is 2.56. The molecule has 23 heavy (non-hydrogen) atoms. The number of nitrogens with zero attached hydrogens (tertiary/aromatic N) is 1. The molecule has 2 heterocycles. The van der Waals surface area contributed by atoms with Crippen LogP contribution in [0.2, 0.25) is 0 Å². The minimum atomic E-state index is -0.460. The molecule has 2 rings (SSSR count). The second-order valence-corrected chi connectivity index (χ2v) is 8.01.